The lowest BCUT2D eigenvalue weighted by atomic mass is 9.72. The first kappa shape index (κ1) is 14.5. The summed E-state index contributed by atoms with van der Waals surface area (Å²) in [5.41, 5.74) is 3.20. The average molecular weight is 263 g/mol. The zero-order valence-electron chi connectivity index (χ0n) is 12.6. The Morgan fingerprint density at radius 3 is 2.37 bits per heavy atom. The third kappa shape index (κ3) is 2.55. The second kappa shape index (κ2) is 5.62. The molecule has 1 aromatic carbocycles. The Morgan fingerprint density at radius 1 is 1.26 bits per heavy atom. The number of rotatable bonds is 4. The molecule has 0 bridgehead atoms. The van der Waals surface area contributed by atoms with Crippen molar-refractivity contribution in [3.63, 3.8) is 0 Å². The first-order valence-electron chi connectivity index (χ1n) is 7.48. The van der Waals surface area contributed by atoms with Gasteiger partial charge in [-0.2, -0.15) is 0 Å². The van der Waals surface area contributed by atoms with Crippen molar-refractivity contribution in [1.29, 1.82) is 0 Å². The molecule has 1 unspecified atom stereocenters. The van der Waals surface area contributed by atoms with E-state index in [0.717, 1.165) is 23.1 Å². The Balaban J connectivity index is 2.47. The van der Waals surface area contributed by atoms with Gasteiger partial charge in [0.25, 0.3) is 0 Å². The summed E-state index contributed by atoms with van der Waals surface area (Å²) in [6.45, 7) is 6.24. The quantitative estimate of drug-likeness (QED) is 0.832. The van der Waals surface area contributed by atoms with Crippen LogP contribution in [-0.2, 0) is 0 Å². The molecule has 1 aliphatic rings. The highest BCUT2D eigenvalue weighted by atomic mass is 19.1. The lowest BCUT2D eigenvalue weighted by molar-refractivity contribution is 0.191. The van der Waals surface area contributed by atoms with Gasteiger partial charge < -0.3 is 5.32 Å². The molecule has 1 atom stereocenters. The van der Waals surface area contributed by atoms with E-state index in [1.165, 1.54) is 25.7 Å². The maximum Gasteiger partial charge on any atom is 0.128 e. The molecule has 19 heavy (non-hydrogen) atoms. The van der Waals surface area contributed by atoms with Crippen molar-refractivity contribution in [2.45, 2.75) is 58.9 Å². The molecule has 0 spiro atoms. The molecular formula is C17H26FN. The van der Waals surface area contributed by atoms with Crippen LogP contribution in [0.2, 0.25) is 0 Å². The number of benzene rings is 1. The van der Waals surface area contributed by atoms with E-state index in [4.69, 9.17) is 0 Å². The standard InChI is InChI=1S/C17H26FN/c1-5-17(8-6-7-9-17)16(19-4)15-13(3)10-12(2)11-14(15)18/h10-11,16,19H,5-9H2,1-4H3. The van der Waals surface area contributed by atoms with E-state index in [2.05, 4.69) is 18.3 Å². The van der Waals surface area contributed by atoms with Gasteiger partial charge in [0.2, 0.25) is 0 Å². The number of halogens is 1. The molecule has 0 amide bonds. The van der Waals surface area contributed by atoms with Gasteiger partial charge in [0, 0.05) is 11.6 Å². The smallest absolute Gasteiger partial charge is 0.128 e. The van der Waals surface area contributed by atoms with E-state index in [0.29, 0.717) is 0 Å². The molecule has 2 heteroatoms. The second-order valence-electron chi connectivity index (χ2n) is 6.12. The van der Waals surface area contributed by atoms with Gasteiger partial charge >= 0.3 is 0 Å². The van der Waals surface area contributed by atoms with Crippen LogP contribution in [0, 0.1) is 25.1 Å². The Hall–Kier alpha value is -0.890. The van der Waals surface area contributed by atoms with Crippen LogP contribution >= 0.6 is 0 Å². The highest BCUT2D eigenvalue weighted by molar-refractivity contribution is 5.35. The minimum atomic E-state index is -0.0448. The van der Waals surface area contributed by atoms with E-state index in [-0.39, 0.29) is 17.3 Å². The fourth-order valence-corrected chi connectivity index (χ4v) is 3.97. The lowest BCUT2D eigenvalue weighted by Gasteiger charge is -2.38. The van der Waals surface area contributed by atoms with Crippen LogP contribution in [0.3, 0.4) is 0 Å². The summed E-state index contributed by atoms with van der Waals surface area (Å²) < 4.78 is 14.5. The molecule has 0 radical (unpaired) electrons. The Morgan fingerprint density at radius 2 is 1.89 bits per heavy atom. The third-order valence-corrected chi connectivity index (χ3v) is 4.97. The van der Waals surface area contributed by atoms with E-state index in [9.17, 15) is 4.39 Å². The van der Waals surface area contributed by atoms with E-state index >= 15 is 0 Å². The average Bonchev–Trinajstić information content (AvgIpc) is 2.83. The summed E-state index contributed by atoms with van der Waals surface area (Å²) in [6, 6.07) is 3.91. The van der Waals surface area contributed by atoms with Crippen molar-refractivity contribution in [2.24, 2.45) is 5.41 Å². The topological polar surface area (TPSA) is 12.0 Å². The molecule has 0 heterocycles. The molecule has 0 aliphatic heterocycles. The molecule has 1 fully saturated rings. The minimum Gasteiger partial charge on any atom is -0.312 e. The lowest BCUT2D eigenvalue weighted by Crippen LogP contribution is -2.35. The van der Waals surface area contributed by atoms with Crippen LogP contribution < -0.4 is 5.32 Å². The van der Waals surface area contributed by atoms with Crippen LogP contribution in [0.1, 0.15) is 61.8 Å². The third-order valence-electron chi connectivity index (χ3n) is 4.97. The molecule has 1 saturated carbocycles. The summed E-state index contributed by atoms with van der Waals surface area (Å²) in [5.74, 6) is -0.0448. The number of hydrogen-bond donors (Lipinski definition) is 1. The van der Waals surface area contributed by atoms with Crippen molar-refractivity contribution < 1.29 is 4.39 Å². The number of aryl methyl sites for hydroxylation is 2. The van der Waals surface area contributed by atoms with Crippen molar-refractivity contribution in [3.05, 3.63) is 34.6 Å². The van der Waals surface area contributed by atoms with Gasteiger partial charge in [-0.25, -0.2) is 4.39 Å². The summed E-state index contributed by atoms with van der Waals surface area (Å²) in [7, 11) is 1.97. The molecule has 1 nitrogen and oxygen atoms in total. The van der Waals surface area contributed by atoms with Gasteiger partial charge in [0.15, 0.2) is 0 Å². The van der Waals surface area contributed by atoms with Crippen molar-refractivity contribution >= 4 is 0 Å². The fourth-order valence-electron chi connectivity index (χ4n) is 3.97. The van der Waals surface area contributed by atoms with E-state index in [1.54, 1.807) is 6.07 Å². The Kier molecular flexibility index (Phi) is 4.29. The van der Waals surface area contributed by atoms with Gasteiger partial charge in [-0.1, -0.05) is 25.8 Å². The maximum absolute atomic E-state index is 14.5. The van der Waals surface area contributed by atoms with Crippen LogP contribution in [-0.4, -0.2) is 7.05 Å². The molecule has 0 aromatic heterocycles. The zero-order chi connectivity index (χ0) is 14.0. The normalized spacial score (nSPS) is 19.6. The molecular weight excluding hydrogens is 237 g/mol. The van der Waals surface area contributed by atoms with Crippen molar-refractivity contribution in [1.82, 2.24) is 5.32 Å². The SMILES string of the molecule is CCC1(C(NC)c2c(C)cc(C)cc2F)CCCC1. The highest BCUT2D eigenvalue weighted by Crippen LogP contribution is 2.50. The van der Waals surface area contributed by atoms with Gasteiger partial charge in [0.1, 0.15) is 5.82 Å². The van der Waals surface area contributed by atoms with Gasteiger partial charge in [0.05, 0.1) is 0 Å². The molecule has 2 rings (SSSR count). The van der Waals surface area contributed by atoms with Crippen LogP contribution in [0.15, 0.2) is 12.1 Å². The van der Waals surface area contributed by atoms with Crippen LogP contribution in [0.4, 0.5) is 4.39 Å². The summed E-state index contributed by atoms with van der Waals surface area (Å²) in [5, 5.41) is 3.41. The van der Waals surface area contributed by atoms with Gasteiger partial charge in [-0.3, -0.25) is 0 Å². The van der Waals surface area contributed by atoms with Gasteiger partial charge in [-0.15, -0.1) is 0 Å². The van der Waals surface area contributed by atoms with Crippen LogP contribution in [0.25, 0.3) is 0 Å². The Bertz CT molecular complexity index is 424. The second-order valence-corrected chi connectivity index (χ2v) is 6.12. The summed E-state index contributed by atoms with van der Waals surface area (Å²) >= 11 is 0. The van der Waals surface area contributed by atoms with Gasteiger partial charge in [-0.05, 0) is 62.8 Å². The molecule has 1 aliphatic carbocycles. The van der Waals surface area contributed by atoms with Crippen molar-refractivity contribution in [3.8, 4) is 0 Å². The van der Waals surface area contributed by atoms with Crippen molar-refractivity contribution in [2.75, 3.05) is 7.05 Å². The molecule has 1 N–H and O–H groups in total. The molecule has 1 aromatic rings. The monoisotopic (exact) mass is 263 g/mol. The number of hydrogen-bond acceptors (Lipinski definition) is 1. The molecule has 0 saturated heterocycles. The summed E-state index contributed by atoms with van der Waals surface area (Å²) in [4.78, 5) is 0. The maximum atomic E-state index is 14.5. The fraction of sp³-hybridized carbons (Fsp3) is 0.647. The van der Waals surface area contributed by atoms with Crippen LogP contribution in [0.5, 0.6) is 0 Å². The Labute approximate surface area is 116 Å². The zero-order valence-corrected chi connectivity index (χ0v) is 12.6. The van der Waals surface area contributed by atoms with E-state index in [1.807, 2.05) is 20.9 Å². The van der Waals surface area contributed by atoms with E-state index < -0.39 is 0 Å². The highest BCUT2D eigenvalue weighted by Gasteiger charge is 2.41. The predicted octanol–water partition coefficient (Wildman–Crippen LogP) is 4.67. The number of nitrogens with one attached hydrogen (secondary N) is 1. The predicted molar refractivity (Wildman–Crippen MR) is 78.9 cm³/mol. The molecule has 106 valence electrons. The first-order chi connectivity index (χ1) is 9.04. The largest absolute Gasteiger partial charge is 0.312 e. The summed E-state index contributed by atoms with van der Waals surface area (Å²) in [6.07, 6.45) is 6.09. The minimum absolute atomic E-state index is 0.0448. The first-order valence-corrected chi connectivity index (χ1v) is 7.48.